The summed E-state index contributed by atoms with van der Waals surface area (Å²) in [5, 5.41) is 5.20. The summed E-state index contributed by atoms with van der Waals surface area (Å²) in [5.74, 6) is -0.680. The van der Waals surface area contributed by atoms with Gasteiger partial charge in [-0.3, -0.25) is 4.79 Å². The van der Waals surface area contributed by atoms with Crippen LogP contribution in [0.5, 0.6) is 0 Å². The molecule has 0 aliphatic rings. The molecule has 11 nitrogen and oxygen atoms in total. The van der Waals surface area contributed by atoms with Crippen molar-refractivity contribution in [2.45, 2.75) is 65.2 Å². The smallest absolute Gasteiger partial charge is 0.407 e. The van der Waals surface area contributed by atoms with Gasteiger partial charge < -0.3 is 39.1 Å². The molecule has 0 saturated heterocycles. The molecule has 2 N–H and O–H groups in total. The number of rotatable bonds is 18. The van der Waals surface area contributed by atoms with Gasteiger partial charge in [0.1, 0.15) is 17.2 Å². The first kappa shape index (κ1) is 33.4. The van der Waals surface area contributed by atoms with Crippen LogP contribution in [0.25, 0.3) is 0 Å². The predicted molar refractivity (Wildman–Crippen MR) is 134 cm³/mol. The van der Waals surface area contributed by atoms with E-state index in [2.05, 4.69) is 23.3 Å². The van der Waals surface area contributed by atoms with Gasteiger partial charge in [-0.1, -0.05) is 0 Å². The van der Waals surface area contributed by atoms with E-state index in [1.807, 2.05) is 0 Å². The molecule has 0 aromatic carbocycles. The zero-order valence-corrected chi connectivity index (χ0v) is 22.9. The molecule has 12 heteroatoms. The van der Waals surface area contributed by atoms with E-state index in [4.69, 9.17) is 28.4 Å². The van der Waals surface area contributed by atoms with Gasteiger partial charge in [0.15, 0.2) is 0 Å². The van der Waals surface area contributed by atoms with Crippen LogP contribution in [-0.2, 0) is 38.0 Å². The Morgan fingerprint density at radius 2 is 1.17 bits per heavy atom. The number of alkyl carbamates (subject to hydrolysis) is 1. The first-order valence-corrected chi connectivity index (χ1v) is 12.4. The Hall–Kier alpha value is -1.60. The molecule has 0 heterocycles. The molecule has 0 aliphatic carbocycles. The van der Waals surface area contributed by atoms with Gasteiger partial charge in [0, 0.05) is 18.7 Å². The number of thiol groups is 1. The minimum Gasteiger partial charge on any atom is -0.458 e. The van der Waals surface area contributed by atoms with Crippen molar-refractivity contribution in [2.24, 2.45) is 0 Å². The SMILES string of the molecule is CC(C)(C)OC(=O)NCCOCCOCCOCCOCCC(=O)N[C@@H](CS)C(=O)OC(C)(C)C. The van der Waals surface area contributed by atoms with Crippen LogP contribution < -0.4 is 10.6 Å². The molecule has 0 bridgehead atoms. The highest BCUT2D eigenvalue weighted by Gasteiger charge is 2.25. The molecule has 0 aromatic heterocycles. The lowest BCUT2D eigenvalue weighted by Crippen LogP contribution is -2.45. The third-order valence-corrected chi connectivity index (χ3v) is 4.08. The second-order valence-corrected chi connectivity index (χ2v) is 9.83. The number of ether oxygens (including phenoxy) is 6. The van der Waals surface area contributed by atoms with Gasteiger partial charge in [-0.25, -0.2) is 9.59 Å². The summed E-state index contributed by atoms with van der Waals surface area (Å²) in [5.41, 5.74) is -1.16. The molecule has 1 atom stereocenters. The number of carbonyl (C=O) groups is 3. The first-order chi connectivity index (χ1) is 16.3. The Morgan fingerprint density at radius 1 is 0.714 bits per heavy atom. The van der Waals surface area contributed by atoms with Crippen molar-refractivity contribution in [2.75, 3.05) is 65.2 Å². The van der Waals surface area contributed by atoms with E-state index in [0.29, 0.717) is 52.8 Å². The third-order valence-electron chi connectivity index (χ3n) is 3.71. The molecule has 206 valence electrons. The maximum atomic E-state index is 12.0. The van der Waals surface area contributed by atoms with Crippen LogP contribution in [0.15, 0.2) is 0 Å². The number of esters is 1. The lowest BCUT2D eigenvalue weighted by Gasteiger charge is -2.23. The van der Waals surface area contributed by atoms with Crippen LogP contribution in [0.4, 0.5) is 4.79 Å². The van der Waals surface area contributed by atoms with Gasteiger partial charge >= 0.3 is 12.1 Å². The lowest BCUT2D eigenvalue weighted by atomic mass is 10.2. The van der Waals surface area contributed by atoms with Crippen molar-refractivity contribution in [3.8, 4) is 0 Å². The number of nitrogens with one attached hydrogen (secondary N) is 2. The third kappa shape index (κ3) is 22.6. The normalized spacial score (nSPS) is 12.7. The topological polar surface area (TPSA) is 131 Å². The number of carbonyl (C=O) groups excluding carboxylic acids is 3. The van der Waals surface area contributed by atoms with E-state index in [0.717, 1.165) is 0 Å². The fraction of sp³-hybridized carbons (Fsp3) is 0.870. The molecule has 35 heavy (non-hydrogen) atoms. The Morgan fingerprint density at radius 3 is 1.63 bits per heavy atom. The van der Waals surface area contributed by atoms with Crippen molar-refractivity contribution in [3.05, 3.63) is 0 Å². The van der Waals surface area contributed by atoms with Gasteiger partial charge in [0.05, 0.1) is 52.9 Å². The van der Waals surface area contributed by atoms with Crippen LogP contribution in [0.1, 0.15) is 48.0 Å². The minimum absolute atomic E-state index is 0.115. The molecule has 2 amide bonds. The molecule has 0 fully saturated rings. The van der Waals surface area contributed by atoms with Crippen molar-refractivity contribution in [1.29, 1.82) is 0 Å². The predicted octanol–water partition coefficient (Wildman–Crippen LogP) is 1.72. The summed E-state index contributed by atoms with van der Waals surface area (Å²) >= 11 is 4.10. The molecule has 0 rings (SSSR count). The van der Waals surface area contributed by atoms with Crippen LogP contribution >= 0.6 is 12.6 Å². The zero-order valence-electron chi connectivity index (χ0n) is 22.0. The second kappa shape index (κ2) is 18.6. The molecule has 0 spiro atoms. The highest BCUT2D eigenvalue weighted by atomic mass is 32.1. The van der Waals surface area contributed by atoms with Gasteiger partial charge in [0.2, 0.25) is 5.91 Å². The molecule has 0 radical (unpaired) electrons. The zero-order chi connectivity index (χ0) is 26.7. The summed E-state index contributed by atoms with van der Waals surface area (Å²) in [6.07, 6.45) is -0.356. The van der Waals surface area contributed by atoms with Crippen LogP contribution in [0, 0.1) is 0 Å². The maximum absolute atomic E-state index is 12.0. The number of hydrogen-bond donors (Lipinski definition) is 3. The summed E-state index contributed by atoms with van der Waals surface area (Å²) < 4.78 is 31.9. The summed E-state index contributed by atoms with van der Waals surface area (Å²) in [6, 6.07) is -0.798. The van der Waals surface area contributed by atoms with Crippen molar-refractivity contribution in [1.82, 2.24) is 10.6 Å². The van der Waals surface area contributed by atoms with E-state index < -0.39 is 29.3 Å². The quantitative estimate of drug-likeness (QED) is 0.139. The molecule has 0 aromatic rings. The van der Waals surface area contributed by atoms with Crippen LogP contribution in [0.3, 0.4) is 0 Å². The van der Waals surface area contributed by atoms with E-state index in [1.165, 1.54) is 0 Å². The standard InChI is InChI=1S/C23H44N2O9S/c1-22(2,3)33-20(27)18(17-35)25-19(26)7-9-29-11-13-31-15-16-32-14-12-30-10-8-24-21(28)34-23(4,5)6/h18,35H,7-17H2,1-6H3,(H,24,28)(H,25,26)/t18-/m0/s1. The minimum atomic E-state index is -0.798. The Kier molecular flexibility index (Phi) is 17.8. The molecule has 0 aliphatic heterocycles. The van der Waals surface area contributed by atoms with Gasteiger partial charge in [-0.15, -0.1) is 0 Å². The van der Waals surface area contributed by atoms with E-state index >= 15 is 0 Å². The van der Waals surface area contributed by atoms with E-state index in [-0.39, 0.29) is 24.7 Å². The van der Waals surface area contributed by atoms with Crippen LogP contribution in [-0.4, -0.2) is 100 Å². The Labute approximate surface area is 214 Å². The second-order valence-electron chi connectivity index (χ2n) is 9.46. The average Bonchev–Trinajstić information content (AvgIpc) is 2.72. The van der Waals surface area contributed by atoms with Crippen molar-refractivity contribution >= 4 is 30.6 Å². The fourth-order valence-electron chi connectivity index (χ4n) is 2.28. The van der Waals surface area contributed by atoms with Crippen molar-refractivity contribution in [3.63, 3.8) is 0 Å². The largest absolute Gasteiger partial charge is 0.458 e. The van der Waals surface area contributed by atoms with E-state index in [9.17, 15) is 14.4 Å². The lowest BCUT2D eigenvalue weighted by molar-refractivity contribution is -0.158. The summed E-state index contributed by atoms with van der Waals surface area (Å²) in [6.45, 7) is 14.0. The van der Waals surface area contributed by atoms with Gasteiger partial charge in [0.25, 0.3) is 0 Å². The molecule has 0 unspecified atom stereocenters. The summed E-state index contributed by atoms with van der Waals surface area (Å²) in [4.78, 5) is 35.4. The summed E-state index contributed by atoms with van der Waals surface area (Å²) in [7, 11) is 0. The maximum Gasteiger partial charge on any atom is 0.407 e. The Balaban J connectivity index is 3.53. The molecule has 0 saturated carbocycles. The highest BCUT2D eigenvalue weighted by Crippen LogP contribution is 2.09. The van der Waals surface area contributed by atoms with Gasteiger partial charge in [-0.05, 0) is 41.5 Å². The van der Waals surface area contributed by atoms with Crippen molar-refractivity contribution < 1.29 is 42.8 Å². The molecular weight excluding hydrogens is 480 g/mol. The Bertz CT molecular complexity index is 607. The van der Waals surface area contributed by atoms with Crippen LogP contribution in [0.2, 0.25) is 0 Å². The monoisotopic (exact) mass is 524 g/mol. The van der Waals surface area contributed by atoms with E-state index in [1.54, 1.807) is 41.5 Å². The average molecular weight is 525 g/mol. The highest BCUT2D eigenvalue weighted by molar-refractivity contribution is 7.80. The molecular formula is C23H44N2O9S. The fourth-order valence-corrected chi connectivity index (χ4v) is 2.52. The number of amides is 2. The van der Waals surface area contributed by atoms with Gasteiger partial charge in [-0.2, -0.15) is 12.6 Å². The first-order valence-electron chi connectivity index (χ1n) is 11.7. The number of hydrogen-bond acceptors (Lipinski definition) is 10.